The van der Waals surface area contributed by atoms with Crippen LogP contribution in [0.25, 0.3) is 0 Å². The Kier molecular flexibility index (Phi) is 5.67. The van der Waals surface area contributed by atoms with Crippen molar-refractivity contribution < 1.29 is 14.3 Å². The van der Waals surface area contributed by atoms with Crippen molar-refractivity contribution in [2.45, 2.75) is 25.9 Å². The summed E-state index contributed by atoms with van der Waals surface area (Å²) in [6.45, 7) is 3.46. The SMILES string of the molecule is Cc1nc(C(=O)N2Cc3ccnn3C(CCOCC(=O)N(C)C)C2)cs1. The molecule has 0 fully saturated rings. The van der Waals surface area contributed by atoms with E-state index in [1.807, 2.05) is 17.7 Å². The molecule has 0 aliphatic carbocycles. The zero-order chi connectivity index (χ0) is 18.7. The smallest absolute Gasteiger partial charge is 0.273 e. The Morgan fingerprint density at radius 3 is 2.92 bits per heavy atom. The van der Waals surface area contributed by atoms with Gasteiger partial charge in [0.2, 0.25) is 5.91 Å². The fourth-order valence-electron chi connectivity index (χ4n) is 2.89. The number of aromatic nitrogens is 3. The molecule has 0 saturated carbocycles. The number of fused-ring (bicyclic) bond motifs is 1. The van der Waals surface area contributed by atoms with E-state index in [4.69, 9.17) is 4.74 Å². The van der Waals surface area contributed by atoms with E-state index in [1.165, 1.54) is 16.2 Å². The summed E-state index contributed by atoms with van der Waals surface area (Å²) in [6.07, 6.45) is 2.43. The maximum Gasteiger partial charge on any atom is 0.273 e. The van der Waals surface area contributed by atoms with Gasteiger partial charge in [0.1, 0.15) is 12.3 Å². The Morgan fingerprint density at radius 1 is 1.42 bits per heavy atom. The van der Waals surface area contributed by atoms with Crippen LogP contribution in [-0.2, 0) is 16.1 Å². The minimum absolute atomic E-state index is 0.0203. The molecule has 2 aromatic heterocycles. The molecule has 1 aliphatic heterocycles. The Balaban J connectivity index is 1.62. The first kappa shape index (κ1) is 18.5. The molecule has 0 N–H and O–H groups in total. The van der Waals surface area contributed by atoms with Crippen LogP contribution in [0.4, 0.5) is 0 Å². The van der Waals surface area contributed by atoms with Crippen LogP contribution in [0.1, 0.15) is 33.7 Å². The van der Waals surface area contributed by atoms with Crippen molar-refractivity contribution in [2.24, 2.45) is 0 Å². The monoisotopic (exact) mass is 377 g/mol. The zero-order valence-corrected chi connectivity index (χ0v) is 16.0. The average Bonchev–Trinajstić information content (AvgIpc) is 3.26. The first-order valence-corrected chi connectivity index (χ1v) is 9.35. The van der Waals surface area contributed by atoms with Gasteiger partial charge in [-0.05, 0) is 19.4 Å². The number of carbonyl (C=O) groups is 2. The van der Waals surface area contributed by atoms with E-state index in [-0.39, 0.29) is 24.5 Å². The van der Waals surface area contributed by atoms with Crippen LogP contribution in [-0.4, -0.2) is 70.2 Å². The molecule has 140 valence electrons. The molecule has 2 amide bonds. The van der Waals surface area contributed by atoms with Crippen molar-refractivity contribution in [2.75, 3.05) is 33.9 Å². The van der Waals surface area contributed by atoms with Gasteiger partial charge in [0, 0.05) is 38.8 Å². The van der Waals surface area contributed by atoms with E-state index in [9.17, 15) is 9.59 Å². The normalized spacial score (nSPS) is 16.4. The van der Waals surface area contributed by atoms with Crippen LogP contribution < -0.4 is 0 Å². The number of nitrogens with zero attached hydrogens (tertiary/aromatic N) is 5. The summed E-state index contributed by atoms with van der Waals surface area (Å²) < 4.78 is 7.44. The van der Waals surface area contributed by atoms with Crippen molar-refractivity contribution in [1.29, 1.82) is 0 Å². The molecule has 1 aliphatic rings. The summed E-state index contributed by atoms with van der Waals surface area (Å²) in [5.41, 5.74) is 1.48. The van der Waals surface area contributed by atoms with Crippen LogP contribution in [0.3, 0.4) is 0 Å². The molecular weight excluding hydrogens is 354 g/mol. The lowest BCUT2D eigenvalue weighted by Gasteiger charge is -2.33. The van der Waals surface area contributed by atoms with Crippen LogP contribution in [0.15, 0.2) is 17.6 Å². The molecule has 0 spiro atoms. The topological polar surface area (TPSA) is 80.6 Å². The van der Waals surface area contributed by atoms with Gasteiger partial charge in [-0.25, -0.2) is 4.98 Å². The maximum absolute atomic E-state index is 12.7. The quantitative estimate of drug-likeness (QED) is 0.710. The highest BCUT2D eigenvalue weighted by atomic mass is 32.1. The average molecular weight is 377 g/mol. The molecule has 0 saturated heterocycles. The highest BCUT2D eigenvalue weighted by molar-refractivity contribution is 7.09. The number of aryl methyl sites for hydroxylation is 1. The maximum atomic E-state index is 12.7. The molecule has 9 heteroatoms. The number of likely N-dealkylation sites (N-methyl/N-ethyl adjacent to an activating group) is 1. The highest BCUT2D eigenvalue weighted by Crippen LogP contribution is 2.24. The number of hydrogen-bond donors (Lipinski definition) is 0. The third-order valence-corrected chi connectivity index (χ3v) is 5.10. The first-order valence-electron chi connectivity index (χ1n) is 8.47. The largest absolute Gasteiger partial charge is 0.372 e. The fraction of sp³-hybridized carbons (Fsp3) is 0.529. The van der Waals surface area contributed by atoms with Gasteiger partial charge in [0.25, 0.3) is 5.91 Å². The van der Waals surface area contributed by atoms with Crippen molar-refractivity contribution in [3.8, 4) is 0 Å². The lowest BCUT2D eigenvalue weighted by molar-refractivity contribution is -0.133. The van der Waals surface area contributed by atoms with E-state index in [0.717, 1.165) is 10.7 Å². The van der Waals surface area contributed by atoms with Gasteiger partial charge in [-0.3, -0.25) is 14.3 Å². The summed E-state index contributed by atoms with van der Waals surface area (Å²) in [5, 5.41) is 7.07. The standard InChI is InChI=1S/C17H23N5O3S/c1-12-19-15(11-26-12)17(24)21-8-13-4-6-18-22(13)14(9-21)5-7-25-10-16(23)20(2)3/h4,6,11,14H,5,7-10H2,1-3H3. The van der Waals surface area contributed by atoms with Crippen molar-refractivity contribution in [1.82, 2.24) is 24.6 Å². The number of rotatable bonds is 6. The second-order valence-electron chi connectivity index (χ2n) is 6.49. The van der Waals surface area contributed by atoms with Crippen molar-refractivity contribution in [3.63, 3.8) is 0 Å². The van der Waals surface area contributed by atoms with E-state index in [1.54, 1.807) is 30.6 Å². The zero-order valence-electron chi connectivity index (χ0n) is 15.2. The lowest BCUT2D eigenvalue weighted by Crippen LogP contribution is -2.41. The number of thiazole rings is 1. The molecule has 26 heavy (non-hydrogen) atoms. The van der Waals surface area contributed by atoms with Gasteiger partial charge in [0.05, 0.1) is 23.3 Å². The summed E-state index contributed by atoms with van der Waals surface area (Å²) in [7, 11) is 3.40. The summed E-state index contributed by atoms with van der Waals surface area (Å²) in [6, 6.07) is 1.95. The minimum Gasteiger partial charge on any atom is -0.372 e. The van der Waals surface area contributed by atoms with E-state index in [2.05, 4.69) is 10.1 Å². The van der Waals surface area contributed by atoms with E-state index < -0.39 is 0 Å². The second-order valence-corrected chi connectivity index (χ2v) is 7.55. The molecule has 3 rings (SSSR count). The Labute approximate surface area is 156 Å². The molecule has 2 aromatic rings. The third-order valence-electron chi connectivity index (χ3n) is 4.33. The Morgan fingerprint density at radius 2 is 2.23 bits per heavy atom. The molecule has 0 bridgehead atoms. The number of amides is 2. The predicted molar refractivity (Wildman–Crippen MR) is 97.0 cm³/mol. The molecule has 3 heterocycles. The highest BCUT2D eigenvalue weighted by Gasteiger charge is 2.29. The molecule has 1 atom stereocenters. The molecule has 0 radical (unpaired) electrons. The number of hydrogen-bond acceptors (Lipinski definition) is 6. The Bertz CT molecular complexity index is 785. The predicted octanol–water partition coefficient (Wildman–Crippen LogP) is 1.34. The minimum atomic E-state index is -0.0656. The summed E-state index contributed by atoms with van der Waals surface area (Å²) >= 11 is 1.47. The van der Waals surface area contributed by atoms with Crippen LogP contribution in [0.5, 0.6) is 0 Å². The fourth-order valence-corrected chi connectivity index (χ4v) is 3.47. The van der Waals surface area contributed by atoms with Gasteiger partial charge in [0.15, 0.2) is 0 Å². The van der Waals surface area contributed by atoms with Crippen LogP contribution >= 0.6 is 11.3 Å². The summed E-state index contributed by atoms with van der Waals surface area (Å²) in [4.78, 5) is 31.9. The molecule has 8 nitrogen and oxygen atoms in total. The van der Waals surface area contributed by atoms with Gasteiger partial charge in [-0.15, -0.1) is 11.3 Å². The van der Waals surface area contributed by atoms with Gasteiger partial charge in [-0.1, -0.05) is 0 Å². The number of carbonyl (C=O) groups excluding carboxylic acids is 2. The lowest BCUT2D eigenvalue weighted by atomic mass is 10.1. The van der Waals surface area contributed by atoms with Crippen molar-refractivity contribution in [3.05, 3.63) is 34.0 Å². The van der Waals surface area contributed by atoms with Gasteiger partial charge in [-0.2, -0.15) is 5.10 Å². The molecular formula is C17H23N5O3S. The van der Waals surface area contributed by atoms with E-state index >= 15 is 0 Å². The summed E-state index contributed by atoms with van der Waals surface area (Å²) in [5.74, 6) is -0.125. The van der Waals surface area contributed by atoms with Gasteiger partial charge < -0.3 is 14.5 Å². The first-order chi connectivity index (χ1) is 12.5. The van der Waals surface area contributed by atoms with Crippen LogP contribution in [0.2, 0.25) is 0 Å². The molecule has 1 unspecified atom stereocenters. The van der Waals surface area contributed by atoms with Gasteiger partial charge >= 0.3 is 0 Å². The Hall–Kier alpha value is -2.26. The number of ether oxygens (including phenoxy) is 1. The third kappa shape index (κ3) is 4.10. The van der Waals surface area contributed by atoms with Crippen molar-refractivity contribution >= 4 is 23.2 Å². The van der Waals surface area contributed by atoms with Crippen LogP contribution in [0, 0.1) is 6.92 Å². The molecule has 0 aromatic carbocycles. The van der Waals surface area contributed by atoms with E-state index in [0.29, 0.717) is 31.8 Å². The second kappa shape index (κ2) is 7.96.